The molecule has 0 saturated heterocycles. The van der Waals surface area contributed by atoms with E-state index in [0.29, 0.717) is 18.4 Å². The van der Waals surface area contributed by atoms with Crippen LogP contribution in [0.1, 0.15) is 34.3 Å². The molecule has 0 spiro atoms. The quantitative estimate of drug-likeness (QED) is 0.564. The molecule has 148 valence electrons. The molecule has 6 nitrogen and oxygen atoms in total. The molecule has 1 N–H and O–H groups in total. The summed E-state index contributed by atoms with van der Waals surface area (Å²) in [7, 11) is -2.49. The van der Waals surface area contributed by atoms with Gasteiger partial charge in [0.1, 0.15) is 5.82 Å². The summed E-state index contributed by atoms with van der Waals surface area (Å²) in [5.41, 5.74) is 2.36. The van der Waals surface area contributed by atoms with Crippen molar-refractivity contribution in [2.24, 2.45) is 0 Å². The lowest BCUT2D eigenvalue weighted by Crippen LogP contribution is -2.35. The monoisotopic (exact) mass is 405 g/mol. The van der Waals surface area contributed by atoms with Crippen LogP contribution in [0.4, 0.5) is 4.39 Å². The number of fused-ring (bicyclic) bond motifs is 1. The SMILES string of the molecule is COC(=O)CCC(=O)c1ccc2c(c1)CC(NS(=O)(=O)c1ccc(F)cc1)C2. The minimum atomic E-state index is -3.76. The third-order valence-corrected chi connectivity index (χ3v) is 6.23. The van der Waals surface area contributed by atoms with Crippen LogP contribution in [-0.4, -0.2) is 33.3 Å². The van der Waals surface area contributed by atoms with Crippen LogP contribution in [0.3, 0.4) is 0 Å². The number of ketones is 1. The Morgan fingerprint density at radius 1 is 1.07 bits per heavy atom. The summed E-state index contributed by atoms with van der Waals surface area (Å²) in [5, 5.41) is 0. The van der Waals surface area contributed by atoms with Gasteiger partial charge in [-0.1, -0.05) is 12.1 Å². The van der Waals surface area contributed by atoms with Crippen LogP contribution >= 0.6 is 0 Å². The second-order valence-electron chi connectivity index (χ2n) is 6.66. The van der Waals surface area contributed by atoms with Gasteiger partial charge in [0, 0.05) is 18.0 Å². The summed E-state index contributed by atoms with van der Waals surface area (Å²) in [6.45, 7) is 0. The fourth-order valence-corrected chi connectivity index (χ4v) is 4.47. The standard InChI is InChI=1S/C20H20FNO5S/c1-27-20(24)9-8-19(23)14-3-2-13-11-17(12-15(13)10-14)22-28(25,26)18-6-4-16(21)5-7-18/h2-7,10,17,22H,8-9,11-12H2,1H3. The van der Waals surface area contributed by atoms with Crippen molar-refractivity contribution in [1.82, 2.24) is 4.72 Å². The average molecular weight is 405 g/mol. The summed E-state index contributed by atoms with van der Waals surface area (Å²) in [5.74, 6) is -1.11. The number of hydrogen-bond donors (Lipinski definition) is 1. The molecule has 0 aliphatic heterocycles. The van der Waals surface area contributed by atoms with Gasteiger partial charge in [-0.15, -0.1) is 0 Å². The number of methoxy groups -OCH3 is 1. The van der Waals surface area contributed by atoms with Gasteiger partial charge in [-0.2, -0.15) is 0 Å². The zero-order valence-corrected chi connectivity index (χ0v) is 16.1. The van der Waals surface area contributed by atoms with Crippen LogP contribution in [0.5, 0.6) is 0 Å². The van der Waals surface area contributed by atoms with E-state index < -0.39 is 21.8 Å². The third-order valence-electron chi connectivity index (χ3n) is 4.69. The van der Waals surface area contributed by atoms with Gasteiger partial charge in [-0.25, -0.2) is 17.5 Å². The maximum atomic E-state index is 13.0. The second-order valence-corrected chi connectivity index (χ2v) is 8.38. The first-order chi connectivity index (χ1) is 13.3. The van der Waals surface area contributed by atoms with Crippen molar-refractivity contribution < 1.29 is 27.1 Å². The largest absolute Gasteiger partial charge is 0.469 e. The maximum absolute atomic E-state index is 13.0. The maximum Gasteiger partial charge on any atom is 0.305 e. The molecule has 0 amide bonds. The van der Waals surface area contributed by atoms with Gasteiger partial charge in [0.2, 0.25) is 10.0 Å². The number of carbonyl (C=O) groups is 2. The van der Waals surface area contributed by atoms with E-state index in [0.717, 1.165) is 23.3 Å². The Bertz CT molecular complexity index is 1000. The molecule has 0 radical (unpaired) electrons. The van der Waals surface area contributed by atoms with E-state index in [1.807, 2.05) is 6.07 Å². The molecular weight excluding hydrogens is 385 g/mol. The molecule has 1 unspecified atom stereocenters. The summed E-state index contributed by atoms with van der Waals surface area (Å²) >= 11 is 0. The van der Waals surface area contributed by atoms with Gasteiger partial charge >= 0.3 is 5.97 Å². The van der Waals surface area contributed by atoms with Crippen LogP contribution in [0.15, 0.2) is 47.4 Å². The highest BCUT2D eigenvalue weighted by Gasteiger charge is 2.27. The Morgan fingerprint density at radius 2 is 1.75 bits per heavy atom. The topological polar surface area (TPSA) is 89.5 Å². The number of hydrogen-bond acceptors (Lipinski definition) is 5. The first-order valence-corrected chi connectivity index (χ1v) is 10.3. The molecule has 0 fully saturated rings. The number of rotatable bonds is 7. The number of Topliss-reactive ketones (excluding diaryl/α,β-unsaturated/α-hetero) is 1. The Morgan fingerprint density at radius 3 is 2.43 bits per heavy atom. The van der Waals surface area contributed by atoms with Crippen molar-refractivity contribution in [2.75, 3.05) is 7.11 Å². The molecule has 8 heteroatoms. The van der Waals surface area contributed by atoms with Gasteiger partial charge in [0.15, 0.2) is 5.78 Å². The summed E-state index contributed by atoms with van der Waals surface area (Å²) in [4.78, 5) is 23.4. The molecule has 2 aromatic carbocycles. The Balaban J connectivity index is 1.67. The molecular formula is C20H20FNO5S. The van der Waals surface area contributed by atoms with Crippen LogP contribution in [0, 0.1) is 5.82 Å². The Labute approximate surface area is 162 Å². The highest BCUT2D eigenvalue weighted by atomic mass is 32.2. The lowest BCUT2D eigenvalue weighted by Gasteiger charge is -2.12. The highest BCUT2D eigenvalue weighted by molar-refractivity contribution is 7.89. The van der Waals surface area contributed by atoms with Crippen molar-refractivity contribution in [1.29, 1.82) is 0 Å². The van der Waals surface area contributed by atoms with E-state index in [2.05, 4.69) is 9.46 Å². The molecule has 0 bridgehead atoms. The number of ether oxygens (including phenoxy) is 1. The lowest BCUT2D eigenvalue weighted by molar-refractivity contribution is -0.140. The predicted molar refractivity (Wildman–Crippen MR) is 99.9 cm³/mol. The summed E-state index contributed by atoms with van der Waals surface area (Å²) in [6.07, 6.45) is 1.04. The van der Waals surface area contributed by atoms with Crippen molar-refractivity contribution in [2.45, 2.75) is 36.6 Å². The van der Waals surface area contributed by atoms with Gasteiger partial charge in [-0.05, 0) is 54.3 Å². The molecule has 28 heavy (non-hydrogen) atoms. The molecule has 1 aliphatic carbocycles. The van der Waals surface area contributed by atoms with E-state index in [1.54, 1.807) is 12.1 Å². The fourth-order valence-electron chi connectivity index (χ4n) is 3.24. The van der Waals surface area contributed by atoms with Crippen LogP contribution in [0.2, 0.25) is 0 Å². The normalized spacial score (nSPS) is 15.9. The Kier molecular flexibility index (Phi) is 5.90. The van der Waals surface area contributed by atoms with E-state index in [-0.39, 0.29) is 29.6 Å². The van der Waals surface area contributed by atoms with Gasteiger partial charge in [0.05, 0.1) is 18.4 Å². The second kappa shape index (κ2) is 8.20. The smallest absolute Gasteiger partial charge is 0.305 e. The number of benzene rings is 2. The molecule has 3 rings (SSSR count). The molecule has 0 aromatic heterocycles. The van der Waals surface area contributed by atoms with E-state index in [1.165, 1.54) is 19.2 Å². The van der Waals surface area contributed by atoms with Gasteiger partial charge in [0.25, 0.3) is 0 Å². The van der Waals surface area contributed by atoms with Crippen LogP contribution in [0.25, 0.3) is 0 Å². The van der Waals surface area contributed by atoms with Crippen molar-refractivity contribution in [3.63, 3.8) is 0 Å². The molecule has 0 heterocycles. The Hall–Kier alpha value is -2.58. The molecule has 2 aromatic rings. The zero-order valence-electron chi connectivity index (χ0n) is 15.3. The summed E-state index contributed by atoms with van der Waals surface area (Å²) < 4.78 is 45.1. The zero-order chi connectivity index (χ0) is 20.3. The summed E-state index contributed by atoms with van der Waals surface area (Å²) in [6, 6.07) is 9.55. The van der Waals surface area contributed by atoms with Crippen molar-refractivity contribution in [3.8, 4) is 0 Å². The lowest BCUT2D eigenvalue weighted by atomic mass is 10.0. The molecule has 0 saturated carbocycles. The van der Waals surface area contributed by atoms with Crippen LogP contribution in [-0.2, 0) is 32.4 Å². The fraction of sp³-hybridized carbons (Fsp3) is 0.300. The van der Waals surface area contributed by atoms with Crippen molar-refractivity contribution >= 4 is 21.8 Å². The number of halogens is 1. The van der Waals surface area contributed by atoms with E-state index in [9.17, 15) is 22.4 Å². The predicted octanol–water partition coefficient (Wildman–Crippen LogP) is 2.41. The minimum Gasteiger partial charge on any atom is -0.469 e. The van der Waals surface area contributed by atoms with E-state index >= 15 is 0 Å². The number of esters is 1. The average Bonchev–Trinajstić information content (AvgIpc) is 3.06. The van der Waals surface area contributed by atoms with Gasteiger partial charge in [-0.3, -0.25) is 9.59 Å². The minimum absolute atomic E-state index is 0.00327. The third kappa shape index (κ3) is 4.63. The van der Waals surface area contributed by atoms with E-state index in [4.69, 9.17) is 0 Å². The first kappa shape index (κ1) is 20.2. The molecule has 1 atom stereocenters. The van der Waals surface area contributed by atoms with Crippen molar-refractivity contribution in [3.05, 3.63) is 65.0 Å². The van der Waals surface area contributed by atoms with Crippen LogP contribution < -0.4 is 4.72 Å². The van der Waals surface area contributed by atoms with Gasteiger partial charge < -0.3 is 4.74 Å². The number of carbonyl (C=O) groups excluding carboxylic acids is 2. The number of nitrogens with one attached hydrogen (secondary N) is 1. The number of sulfonamides is 1. The highest BCUT2D eigenvalue weighted by Crippen LogP contribution is 2.25. The first-order valence-electron chi connectivity index (χ1n) is 8.78. The molecule has 1 aliphatic rings.